The second-order valence-corrected chi connectivity index (χ2v) is 6.62. The molecule has 0 bridgehead atoms. The number of aromatic nitrogens is 2. The van der Waals surface area contributed by atoms with Crippen molar-refractivity contribution in [3.05, 3.63) is 53.6 Å². The lowest BCUT2D eigenvalue weighted by Crippen LogP contribution is -2.31. The van der Waals surface area contributed by atoms with Gasteiger partial charge < -0.3 is 19.4 Å². The second-order valence-electron chi connectivity index (χ2n) is 6.62. The maximum Gasteiger partial charge on any atom is 0.246 e. The predicted molar refractivity (Wildman–Crippen MR) is 98.9 cm³/mol. The van der Waals surface area contributed by atoms with Gasteiger partial charge in [-0.25, -0.2) is 4.98 Å². The number of hydrogen-bond donors (Lipinski definition) is 1. The monoisotopic (exact) mass is 357 g/mol. The standard InChI is InChI=1S/C20H27N3O3/c1-16-13-22-20(18-7-11-25-12-8-18)23(16)10-9-21-19(24)15-26-14-17-5-3-2-4-6-17/h2-6,13,18H,7-12,14-15H2,1H3,(H,21,24). The van der Waals surface area contributed by atoms with Gasteiger partial charge in [0.15, 0.2) is 0 Å². The van der Waals surface area contributed by atoms with Gasteiger partial charge in [0.05, 0.1) is 6.61 Å². The maximum absolute atomic E-state index is 12.0. The number of nitrogens with one attached hydrogen (secondary N) is 1. The summed E-state index contributed by atoms with van der Waals surface area (Å²) in [7, 11) is 0. The molecule has 3 rings (SSSR count). The van der Waals surface area contributed by atoms with E-state index in [1.54, 1.807) is 0 Å². The summed E-state index contributed by atoms with van der Waals surface area (Å²) in [4.78, 5) is 16.5. The molecule has 0 atom stereocenters. The Morgan fingerprint density at radius 2 is 2.08 bits per heavy atom. The van der Waals surface area contributed by atoms with E-state index in [0.29, 0.717) is 19.1 Å². The third-order valence-electron chi connectivity index (χ3n) is 4.67. The van der Waals surface area contributed by atoms with Gasteiger partial charge in [-0.15, -0.1) is 0 Å². The molecule has 6 heteroatoms. The molecule has 1 aliphatic heterocycles. The number of nitrogens with zero attached hydrogens (tertiary/aromatic N) is 2. The van der Waals surface area contributed by atoms with Crippen molar-refractivity contribution in [2.75, 3.05) is 26.4 Å². The summed E-state index contributed by atoms with van der Waals surface area (Å²) in [6.45, 7) is 5.47. The van der Waals surface area contributed by atoms with Crippen LogP contribution in [0.15, 0.2) is 36.5 Å². The largest absolute Gasteiger partial charge is 0.381 e. The fraction of sp³-hybridized carbons (Fsp3) is 0.500. The van der Waals surface area contributed by atoms with Crippen LogP contribution in [0.25, 0.3) is 0 Å². The summed E-state index contributed by atoms with van der Waals surface area (Å²) in [6.07, 6.45) is 3.93. The minimum Gasteiger partial charge on any atom is -0.381 e. The van der Waals surface area contributed by atoms with Gasteiger partial charge in [-0.3, -0.25) is 4.79 Å². The molecule has 6 nitrogen and oxygen atoms in total. The van der Waals surface area contributed by atoms with E-state index >= 15 is 0 Å². The molecule has 2 aromatic rings. The van der Waals surface area contributed by atoms with E-state index in [2.05, 4.69) is 21.8 Å². The number of hydrogen-bond acceptors (Lipinski definition) is 4. The Morgan fingerprint density at radius 3 is 2.85 bits per heavy atom. The molecule has 1 fully saturated rings. The van der Waals surface area contributed by atoms with E-state index in [0.717, 1.165) is 49.7 Å². The van der Waals surface area contributed by atoms with Crippen LogP contribution in [0, 0.1) is 6.92 Å². The molecule has 0 aliphatic carbocycles. The molecule has 0 saturated carbocycles. The summed E-state index contributed by atoms with van der Waals surface area (Å²) in [6, 6.07) is 9.85. The van der Waals surface area contributed by atoms with Crippen molar-refractivity contribution in [2.24, 2.45) is 0 Å². The van der Waals surface area contributed by atoms with Crippen molar-refractivity contribution < 1.29 is 14.3 Å². The van der Waals surface area contributed by atoms with Gasteiger partial charge in [0.2, 0.25) is 5.91 Å². The van der Waals surface area contributed by atoms with Crippen molar-refractivity contribution in [3.8, 4) is 0 Å². The summed E-state index contributed by atoms with van der Waals surface area (Å²) in [5.41, 5.74) is 2.19. The molecule has 0 radical (unpaired) electrons. The number of rotatable bonds is 8. The number of amides is 1. The lowest BCUT2D eigenvalue weighted by atomic mass is 9.99. The van der Waals surface area contributed by atoms with Gasteiger partial charge in [0, 0.05) is 44.1 Å². The molecule has 0 unspecified atom stereocenters. The Bertz CT molecular complexity index is 694. The molecule has 2 heterocycles. The first-order chi connectivity index (χ1) is 12.7. The van der Waals surface area contributed by atoms with Crippen LogP contribution in [0.4, 0.5) is 0 Å². The zero-order valence-corrected chi connectivity index (χ0v) is 15.3. The first-order valence-corrected chi connectivity index (χ1v) is 9.22. The highest BCUT2D eigenvalue weighted by Crippen LogP contribution is 2.26. The van der Waals surface area contributed by atoms with E-state index in [-0.39, 0.29) is 12.5 Å². The minimum absolute atomic E-state index is 0.0740. The van der Waals surface area contributed by atoms with Gasteiger partial charge >= 0.3 is 0 Å². The van der Waals surface area contributed by atoms with Crippen molar-refractivity contribution in [3.63, 3.8) is 0 Å². The van der Waals surface area contributed by atoms with Crippen molar-refractivity contribution in [1.82, 2.24) is 14.9 Å². The first-order valence-electron chi connectivity index (χ1n) is 9.22. The van der Waals surface area contributed by atoms with E-state index in [4.69, 9.17) is 9.47 Å². The zero-order chi connectivity index (χ0) is 18.2. The quantitative estimate of drug-likeness (QED) is 0.788. The van der Waals surface area contributed by atoms with Crippen molar-refractivity contribution in [2.45, 2.75) is 38.8 Å². The van der Waals surface area contributed by atoms with Gasteiger partial charge in [-0.1, -0.05) is 30.3 Å². The van der Waals surface area contributed by atoms with Crippen LogP contribution in [0.3, 0.4) is 0 Å². The van der Waals surface area contributed by atoms with Crippen LogP contribution >= 0.6 is 0 Å². The van der Waals surface area contributed by atoms with Gasteiger partial charge in [-0.2, -0.15) is 0 Å². The molecular weight excluding hydrogens is 330 g/mol. The number of benzene rings is 1. The zero-order valence-electron chi connectivity index (χ0n) is 15.3. The molecular formula is C20H27N3O3. The van der Waals surface area contributed by atoms with E-state index in [9.17, 15) is 4.79 Å². The first kappa shape index (κ1) is 18.6. The van der Waals surface area contributed by atoms with Gasteiger partial charge in [0.25, 0.3) is 0 Å². The fourth-order valence-corrected chi connectivity index (χ4v) is 3.25. The summed E-state index contributed by atoms with van der Waals surface area (Å²) in [5.74, 6) is 1.47. The van der Waals surface area contributed by atoms with E-state index < -0.39 is 0 Å². The highest BCUT2D eigenvalue weighted by molar-refractivity contribution is 5.77. The Labute approximate surface area is 154 Å². The molecule has 1 amide bonds. The third-order valence-corrected chi connectivity index (χ3v) is 4.67. The number of aryl methyl sites for hydroxylation is 1. The SMILES string of the molecule is Cc1cnc(C2CCOCC2)n1CCNC(=O)COCc1ccccc1. The van der Waals surface area contributed by atoms with Gasteiger partial charge in [-0.05, 0) is 25.3 Å². The molecule has 1 aromatic carbocycles. The average Bonchev–Trinajstić information content (AvgIpc) is 3.04. The molecule has 140 valence electrons. The van der Waals surface area contributed by atoms with Crippen LogP contribution in [0.1, 0.15) is 35.8 Å². The second kappa shape index (κ2) is 9.50. The lowest BCUT2D eigenvalue weighted by Gasteiger charge is -2.23. The Hall–Kier alpha value is -2.18. The van der Waals surface area contributed by atoms with Crippen LogP contribution in [0.2, 0.25) is 0 Å². The average molecular weight is 357 g/mol. The lowest BCUT2D eigenvalue weighted by molar-refractivity contribution is -0.126. The predicted octanol–water partition coefficient (Wildman–Crippen LogP) is 2.42. The number of carbonyl (C=O) groups is 1. The smallest absolute Gasteiger partial charge is 0.246 e. The minimum atomic E-state index is -0.0914. The van der Waals surface area contributed by atoms with Crippen LogP contribution in [0.5, 0.6) is 0 Å². The van der Waals surface area contributed by atoms with Crippen LogP contribution in [-0.4, -0.2) is 41.8 Å². The molecule has 0 spiro atoms. The van der Waals surface area contributed by atoms with Gasteiger partial charge in [0.1, 0.15) is 12.4 Å². The highest BCUT2D eigenvalue weighted by Gasteiger charge is 2.21. The topological polar surface area (TPSA) is 65.4 Å². The number of imidazole rings is 1. The van der Waals surface area contributed by atoms with Crippen molar-refractivity contribution >= 4 is 5.91 Å². The van der Waals surface area contributed by atoms with Crippen LogP contribution in [-0.2, 0) is 27.4 Å². The molecule has 1 saturated heterocycles. The summed E-state index contributed by atoms with van der Waals surface area (Å²) >= 11 is 0. The maximum atomic E-state index is 12.0. The Kier molecular flexibility index (Phi) is 6.80. The summed E-state index contributed by atoms with van der Waals surface area (Å²) < 4.78 is 13.1. The van der Waals surface area contributed by atoms with Crippen molar-refractivity contribution in [1.29, 1.82) is 0 Å². The Balaban J connectivity index is 1.41. The molecule has 1 aliphatic rings. The number of ether oxygens (including phenoxy) is 2. The van der Waals surface area contributed by atoms with Crippen LogP contribution < -0.4 is 5.32 Å². The normalized spacial score (nSPS) is 15.1. The third kappa shape index (κ3) is 5.16. The summed E-state index contributed by atoms with van der Waals surface area (Å²) in [5, 5.41) is 2.93. The number of carbonyl (C=O) groups excluding carboxylic acids is 1. The molecule has 1 aromatic heterocycles. The fourth-order valence-electron chi connectivity index (χ4n) is 3.25. The van der Waals surface area contributed by atoms with E-state index in [1.807, 2.05) is 36.5 Å². The van der Waals surface area contributed by atoms with E-state index in [1.165, 1.54) is 0 Å². The highest BCUT2D eigenvalue weighted by atomic mass is 16.5. The molecule has 1 N–H and O–H groups in total. The molecule has 26 heavy (non-hydrogen) atoms. The Morgan fingerprint density at radius 1 is 1.31 bits per heavy atom.